The Morgan fingerprint density at radius 2 is 1.55 bits per heavy atom. The Kier molecular flexibility index (Phi) is 6.93. The molecule has 0 aliphatic carbocycles. The van der Waals surface area contributed by atoms with Crippen molar-refractivity contribution in [2.24, 2.45) is 0 Å². The zero-order valence-corrected chi connectivity index (χ0v) is 20.0. The first-order valence-electron chi connectivity index (χ1n) is 9.82. The van der Waals surface area contributed by atoms with Crippen LogP contribution in [0.25, 0.3) is 11.6 Å². The molecule has 0 atom stereocenters. The minimum Gasteiger partial charge on any atom is -0.497 e. The predicted octanol–water partition coefficient (Wildman–Crippen LogP) is 5.80. The second kappa shape index (κ2) is 10.0. The lowest BCUT2D eigenvalue weighted by atomic mass is 10.1. The molecular weight excluding hydrogens is 476 g/mol. The lowest BCUT2D eigenvalue weighted by Gasteiger charge is -2.11. The van der Waals surface area contributed by atoms with Crippen molar-refractivity contribution < 1.29 is 17.9 Å². The summed E-state index contributed by atoms with van der Waals surface area (Å²) in [5.41, 5.74) is 1.47. The lowest BCUT2D eigenvalue weighted by Crippen LogP contribution is -2.14. The number of anilines is 2. The van der Waals surface area contributed by atoms with Crippen molar-refractivity contribution in [3.63, 3.8) is 0 Å². The molecule has 0 fully saturated rings. The molecule has 4 rings (SSSR count). The average molecular weight is 497 g/mol. The van der Waals surface area contributed by atoms with E-state index in [-0.39, 0.29) is 10.8 Å². The highest BCUT2D eigenvalue weighted by atomic mass is 32.2. The van der Waals surface area contributed by atoms with E-state index in [0.29, 0.717) is 22.7 Å². The topological polar surface area (TPSA) is 84.5 Å². The van der Waals surface area contributed by atoms with Crippen molar-refractivity contribution in [3.8, 4) is 5.75 Å². The third kappa shape index (κ3) is 5.70. The molecule has 4 aromatic rings. The Morgan fingerprint density at radius 1 is 0.879 bits per heavy atom. The number of methoxy groups -OCH3 is 1. The maximum Gasteiger partial charge on any atom is 0.261 e. The summed E-state index contributed by atoms with van der Waals surface area (Å²) in [5, 5.41) is 6.73. The van der Waals surface area contributed by atoms with Gasteiger partial charge in [-0.25, -0.2) is 8.42 Å². The molecule has 0 unspecified atom stereocenters. The molecule has 2 heterocycles. The van der Waals surface area contributed by atoms with Gasteiger partial charge in [-0.15, -0.1) is 22.7 Å². The van der Waals surface area contributed by atoms with E-state index in [9.17, 15) is 13.2 Å². The first-order chi connectivity index (χ1) is 15.9. The molecule has 168 valence electrons. The normalized spacial score (nSPS) is 11.7. The number of benzene rings is 2. The predicted molar refractivity (Wildman–Crippen MR) is 135 cm³/mol. The number of sulfonamides is 1. The van der Waals surface area contributed by atoms with Crippen LogP contribution in [0.4, 0.5) is 11.4 Å². The summed E-state index contributed by atoms with van der Waals surface area (Å²) in [4.78, 5) is 14.9. The van der Waals surface area contributed by atoms with Crippen LogP contribution in [-0.2, 0) is 14.8 Å². The van der Waals surface area contributed by atoms with Crippen molar-refractivity contribution in [2.45, 2.75) is 4.90 Å². The highest BCUT2D eigenvalue weighted by molar-refractivity contribution is 7.92. The molecule has 0 aliphatic rings. The molecule has 33 heavy (non-hydrogen) atoms. The van der Waals surface area contributed by atoms with Crippen LogP contribution < -0.4 is 14.8 Å². The summed E-state index contributed by atoms with van der Waals surface area (Å²) >= 11 is 3.03. The molecule has 2 aromatic carbocycles. The molecule has 0 radical (unpaired) electrons. The van der Waals surface area contributed by atoms with Crippen LogP contribution in [0.2, 0.25) is 0 Å². The van der Waals surface area contributed by atoms with Gasteiger partial charge in [0.1, 0.15) is 5.75 Å². The lowest BCUT2D eigenvalue weighted by molar-refractivity contribution is -0.111. The minimum absolute atomic E-state index is 0.0870. The summed E-state index contributed by atoms with van der Waals surface area (Å²) in [6.07, 6.45) is 1.85. The van der Waals surface area contributed by atoms with Gasteiger partial charge in [-0.1, -0.05) is 12.1 Å². The summed E-state index contributed by atoms with van der Waals surface area (Å²) in [5.74, 6) is 0.367. The average Bonchev–Trinajstić information content (AvgIpc) is 3.52. The molecule has 1 amide bonds. The number of rotatable bonds is 8. The minimum atomic E-state index is -3.78. The van der Waals surface area contributed by atoms with Gasteiger partial charge >= 0.3 is 0 Å². The number of ether oxygens (including phenoxy) is 1. The van der Waals surface area contributed by atoms with Gasteiger partial charge < -0.3 is 10.1 Å². The summed E-state index contributed by atoms with van der Waals surface area (Å²) in [6.45, 7) is 0. The standard InChI is InChI=1S/C24H20N2O4S3/c1-30-19-10-6-18(7-11-19)26-33(28,29)21-12-8-17(9-13-21)25-24(27)22(23-5-3-15-32-23)16-20-4-2-14-31-20/h2-16,26H,1H3,(H,25,27)/b22-16+. The largest absolute Gasteiger partial charge is 0.497 e. The third-order valence-electron chi connectivity index (χ3n) is 4.63. The van der Waals surface area contributed by atoms with Crippen LogP contribution in [0.15, 0.2) is 88.5 Å². The van der Waals surface area contributed by atoms with Gasteiger partial charge in [0, 0.05) is 21.1 Å². The molecule has 6 nitrogen and oxygen atoms in total. The summed E-state index contributed by atoms with van der Waals surface area (Å²) in [6, 6.07) is 20.3. The van der Waals surface area contributed by atoms with Crippen molar-refractivity contribution in [3.05, 3.63) is 93.3 Å². The number of carbonyl (C=O) groups excluding carboxylic acids is 1. The van der Waals surface area contributed by atoms with E-state index in [0.717, 1.165) is 9.75 Å². The van der Waals surface area contributed by atoms with E-state index in [1.807, 2.05) is 41.1 Å². The van der Waals surface area contributed by atoms with Gasteiger partial charge in [0.15, 0.2) is 0 Å². The molecule has 0 spiro atoms. The Hall–Kier alpha value is -3.40. The molecule has 0 saturated heterocycles. The van der Waals surface area contributed by atoms with Crippen LogP contribution in [0, 0.1) is 0 Å². The Bertz CT molecular complexity index is 1340. The number of hydrogen-bond acceptors (Lipinski definition) is 6. The van der Waals surface area contributed by atoms with Gasteiger partial charge in [0.05, 0.1) is 17.6 Å². The van der Waals surface area contributed by atoms with E-state index >= 15 is 0 Å². The van der Waals surface area contributed by atoms with Crippen molar-refractivity contribution in [2.75, 3.05) is 17.1 Å². The number of amides is 1. The molecule has 2 aromatic heterocycles. The molecule has 9 heteroatoms. The SMILES string of the molecule is COc1ccc(NS(=O)(=O)c2ccc(NC(=O)/C(=C/c3cccs3)c3cccs3)cc2)cc1. The molecule has 0 aliphatic heterocycles. The zero-order valence-electron chi connectivity index (χ0n) is 17.5. The Balaban J connectivity index is 1.49. The van der Waals surface area contributed by atoms with E-state index in [1.165, 1.54) is 23.5 Å². The second-order valence-corrected chi connectivity index (χ2v) is 10.5. The van der Waals surface area contributed by atoms with Gasteiger partial charge in [0.2, 0.25) is 0 Å². The Labute approximate surface area is 200 Å². The molecule has 0 bridgehead atoms. The third-order valence-corrected chi connectivity index (χ3v) is 7.75. The van der Waals surface area contributed by atoms with E-state index in [1.54, 1.807) is 54.8 Å². The van der Waals surface area contributed by atoms with E-state index in [2.05, 4.69) is 10.0 Å². The summed E-state index contributed by atoms with van der Waals surface area (Å²) < 4.78 is 33.0. The van der Waals surface area contributed by atoms with E-state index < -0.39 is 10.0 Å². The molecule has 2 N–H and O–H groups in total. The second-order valence-electron chi connectivity index (χ2n) is 6.86. The molecule has 0 saturated carbocycles. The first kappa shape index (κ1) is 22.8. The fourth-order valence-corrected chi connectivity index (χ4v) is 5.44. The van der Waals surface area contributed by atoms with E-state index in [4.69, 9.17) is 4.74 Å². The number of carbonyl (C=O) groups is 1. The maximum absolute atomic E-state index is 13.0. The first-order valence-corrected chi connectivity index (χ1v) is 13.1. The number of nitrogens with one attached hydrogen (secondary N) is 2. The highest BCUT2D eigenvalue weighted by Crippen LogP contribution is 2.27. The van der Waals surface area contributed by atoms with Crippen LogP contribution >= 0.6 is 22.7 Å². The smallest absolute Gasteiger partial charge is 0.261 e. The van der Waals surface area contributed by atoms with Crippen LogP contribution in [0.3, 0.4) is 0 Å². The Morgan fingerprint density at radius 3 is 2.15 bits per heavy atom. The van der Waals surface area contributed by atoms with Crippen molar-refractivity contribution in [1.82, 2.24) is 0 Å². The van der Waals surface area contributed by atoms with Crippen LogP contribution in [0.1, 0.15) is 9.75 Å². The fourth-order valence-electron chi connectivity index (χ4n) is 2.99. The van der Waals surface area contributed by atoms with Gasteiger partial charge in [-0.2, -0.15) is 0 Å². The van der Waals surface area contributed by atoms with Gasteiger partial charge in [0.25, 0.3) is 15.9 Å². The van der Waals surface area contributed by atoms with Crippen LogP contribution in [0.5, 0.6) is 5.75 Å². The van der Waals surface area contributed by atoms with Crippen molar-refractivity contribution >= 4 is 61.6 Å². The highest BCUT2D eigenvalue weighted by Gasteiger charge is 2.17. The fraction of sp³-hybridized carbons (Fsp3) is 0.0417. The monoisotopic (exact) mass is 496 g/mol. The van der Waals surface area contributed by atoms with Gasteiger partial charge in [-0.05, 0) is 77.5 Å². The number of hydrogen-bond donors (Lipinski definition) is 2. The summed E-state index contributed by atoms with van der Waals surface area (Å²) in [7, 11) is -2.23. The maximum atomic E-state index is 13.0. The number of thiophene rings is 2. The van der Waals surface area contributed by atoms with Gasteiger partial charge in [-0.3, -0.25) is 9.52 Å². The van der Waals surface area contributed by atoms with Crippen LogP contribution in [-0.4, -0.2) is 21.4 Å². The zero-order chi connectivity index (χ0) is 23.3. The molecular formula is C24H20N2O4S3. The van der Waals surface area contributed by atoms with Crippen molar-refractivity contribution in [1.29, 1.82) is 0 Å². The quantitative estimate of drug-likeness (QED) is 0.302.